The first-order valence-corrected chi connectivity index (χ1v) is 7.47. The maximum Gasteiger partial charge on any atom is 0.340 e. The Morgan fingerprint density at radius 2 is 1.88 bits per heavy atom. The molecule has 0 aliphatic carbocycles. The van der Waals surface area contributed by atoms with Crippen LogP contribution in [0.15, 0.2) is 42.5 Å². The van der Waals surface area contributed by atoms with Gasteiger partial charge >= 0.3 is 5.97 Å². The van der Waals surface area contributed by atoms with Gasteiger partial charge in [-0.05, 0) is 37.3 Å². The quantitative estimate of drug-likeness (QED) is 0.674. The fourth-order valence-electron chi connectivity index (χ4n) is 2.29. The van der Waals surface area contributed by atoms with E-state index in [4.69, 9.17) is 15.2 Å². The van der Waals surface area contributed by atoms with Gasteiger partial charge in [-0.1, -0.05) is 12.1 Å². The molecule has 0 bridgehead atoms. The van der Waals surface area contributed by atoms with Crippen LogP contribution in [-0.2, 0) is 4.74 Å². The number of carbonyl (C=O) groups excluding carboxylic acids is 2. The van der Waals surface area contributed by atoms with Crippen molar-refractivity contribution in [3.05, 3.63) is 53.6 Å². The third-order valence-corrected chi connectivity index (χ3v) is 3.55. The molecule has 0 saturated carbocycles. The van der Waals surface area contributed by atoms with E-state index in [9.17, 15) is 9.59 Å². The monoisotopic (exact) mass is 328 g/mol. The Hall–Kier alpha value is -3.02. The molecule has 0 saturated heterocycles. The zero-order valence-corrected chi connectivity index (χ0v) is 13.9. The molecule has 2 aromatic carbocycles. The summed E-state index contributed by atoms with van der Waals surface area (Å²) in [6, 6.07) is 11.6. The van der Waals surface area contributed by atoms with Crippen molar-refractivity contribution < 1.29 is 19.1 Å². The van der Waals surface area contributed by atoms with Crippen LogP contribution in [-0.4, -0.2) is 32.6 Å². The topological polar surface area (TPSA) is 81.9 Å². The lowest BCUT2D eigenvalue weighted by Crippen LogP contribution is -2.28. The van der Waals surface area contributed by atoms with Gasteiger partial charge in [-0.2, -0.15) is 0 Å². The third kappa shape index (κ3) is 3.48. The van der Waals surface area contributed by atoms with Crippen molar-refractivity contribution in [2.75, 3.05) is 31.4 Å². The van der Waals surface area contributed by atoms with Crippen LogP contribution in [0.5, 0.6) is 5.75 Å². The molecule has 2 aromatic rings. The van der Waals surface area contributed by atoms with Crippen LogP contribution < -0.4 is 15.4 Å². The molecule has 24 heavy (non-hydrogen) atoms. The van der Waals surface area contributed by atoms with Crippen LogP contribution in [0, 0.1) is 0 Å². The number of para-hydroxylation sites is 1. The first kappa shape index (κ1) is 17.3. The van der Waals surface area contributed by atoms with Gasteiger partial charge in [-0.25, -0.2) is 4.79 Å². The van der Waals surface area contributed by atoms with E-state index in [1.54, 1.807) is 56.4 Å². The molecule has 0 radical (unpaired) electrons. The zero-order chi connectivity index (χ0) is 17.7. The maximum absolute atomic E-state index is 12.7. The Bertz CT molecular complexity index is 758. The highest BCUT2D eigenvalue weighted by atomic mass is 16.5. The summed E-state index contributed by atoms with van der Waals surface area (Å²) in [5.74, 6) is -0.333. The summed E-state index contributed by atoms with van der Waals surface area (Å²) in [6.45, 7) is 2.00. The Kier molecular flexibility index (Phi) is 5.42. The summed E-state index contributed by atoms with van der Waals surface area (Å²) in [6.07, 6.45) is 0. The van der Waals surface area contributed by atoms with E-state index < -0.39 is 5.97 Å². The lowest BCUT2D eigenvalue weighted by molar-refractivity contribution is 0.0527. The van der Waals surface area contributed by atoms with Gasteiger partial charge in [0.1, 0.15) is 5.75 Å². The number of rotatable bonds is 5. The second-order valence-electron chi connectivity index (χ2n) is 5.06. The highest BCUT2D eigenvalue weighted by molar-refractivity contribution is 6.09. The Morgan fingerprint density at radius 3 is 2.54 bits per heavy atom. The van der Waals surface area contributed by atoms with Crippen LogP contribution in [0.4, 0.5) is 11.4 Å². The number of benzene rings is 2. The number of nitrogen functional groups attached to an aromatic ring is 1. The molecule has 2 rings (SSSR count). The number of ether oxygens (including phenoxy) is 2. The van der Waals surface area contributed by atoms with Crippen LogP contribution in [0.2, 0.25) is 0 Å². The minimum absolute atomic E-state index is 0.264. The number of hydrogen-bond acceptors (Lipinski definition) is 5. The van der Waals surface area contributed by atoms with Crippen molar-refractivity contribution in [1.82, 2.24) is 0 Å². The van der Waals surface area contributed by atoms with Gasteiger partial charge in [0.15, 0.2) is 0 Å². The number of nitrogens with two attached hydrogens (primary N) is 1. The molecule has 126 valence electrons. The van der Waals surface area contributed by atoms with E-state index in [1.165, 1.54) is 12.0 Å². The number of methoxy groups -OCH3 is 1. The van der Waals surface area contributed by atoms with Crippen LogP contribution in [0.1, 0.15) is 27.6 Å². The second kappa shape index (κ2) is 7.50. The molecule has 0 heterocycles. The van der Waals surface area contributed by atoms with Crippen molar-refractivity contribution in [3.63, 3.8) is 0 Å². The molecule has 0 aromatic heterocycles. The molecule has 6 nitrogen and oxygen atoms in total. The largest absolute Gasteiger partial charge is 0.495 e. The predicted molar refractivity (Wildman–Crippen MR) is 92.5 cm³/mol. The Balaban J connectivity index is 2.37. The van der Waals surface area contributed by atoms with Gasteiger partial charge in [0, 0.05) is 12.6 Å². The first-order valence-electron chi connectivity index (χ1n) is 7.47. The number of anilines is 2. The minimum atomic E-state index is -0.470. The zero-order valence-electron chi connectivity index (χ0n) is 13.9. The molecule has 0 atom stereocenters. The standard InChI is InChI=1S/C18H20N2O4/c1-4-24-18(22)13-7-5-6-8-15(13)20(2)17(21)12-9-10-14(19)16(11-12)23-3/h5-11H,4,19H2,1-3H3. The molecule has 1 amide bonds. The summed E-state index contributed by atoms with van der Waals surface area (Å²) in [5.41, 5.74) is 7.43. The van der Waals surface area contributed by atoms with E-state index in [0.29, 0.717) is 28.3 Å². The molecule has 0 aliphatic heterocycles. The Morgan fingerprint density at radius 1 is 1.17 bits per heavy atom. The van der Waals surface area contributed by atoms with E-state index >= 15 is 0 Å². The van der Waals surface area contributed by atoms with Gasteiger partial charge in [-0.3, -0.25) is 4.79 Å². The fraction of sp³-hybridized carbons (Fsp3) is 0.222. The van der Waals surface area contributed by atoms with E-state index in [-0.39, 0.29) is 12.5 Å². The average Bonchev–Trinajstić information content (AvgIpc) is 2.61. The lowest BCUT2D eigenvalue weighted by Gasteiger charge is -2.20. The van der Waals surface area contributed by atoms with Crippen molar-refractivity contribution in [1.29, 1.82) is 0 Å². The van der Waals surface area contributed by atoms with Crippen LogP contribution in [0.3, 0.4) is 0 Å². The molecular formula is C18H20N2O4. The molecule has 2 N–H and O–H groups in total. The van der Waals surface area contributed by atoms with Crippen LogP contribution >= 0.6 is 0 Å². The van der Waals surface area contributed by atoms with Crippen molar-refractivity contribution in [3.8, 4) is 5.75 Å². The normalized spacial score (nSPS) is 10.1. The summed E-state index contributed by atoms with van der Waals surface area (Å²) < 4.78 is 10.2. The molecule has 6 heteroatoms. The Labute approximate surface area is 140 Å². The average molecular weight is 328 g/mol. The van der Waals surface area contributed by atoms with E-state index in [2.05, 4.69) is 0 Å². The molecular weight excluding hydrogens is 308 g/mol. The SMILES string of the molecule is CCOC(=O)c1ccccc1N(C)C(=O)c1ccc(N)c(OC)c1. The van der Waals surface area contributed by atoms with E-state index in [0.717, 1.165) is 0 Å². The fourth-order valence-corrected chi connectivity index (χ4v) is 2.29. The number of esters is 1. The summed E-state index contributed by atoms with van der Waals surface area (Å²) in [5, 5.41) is 0. The lowest BCUT2D eigenvalue weighted by atomic mass is 10.1. The van der Waals surface area contributed by atoms with Gasteiger partial charge in [0.2, 0.25) is 0 Å². The van der Waals surface area contributed by atoms with Gasteiger partial charge < -0.3 is 20.1 Å². The van der Waals surface area contributed by atoms with Gasteiger partial charge in [0.25, 0.3) is 5.91 Å². The highest BCUT2D eigenvalue weighted by Gasteiger charge is 2.21. The maximum atomic E-state index is 12.7. The molecule has 0 unspecified atom stereocenters. The second-order valence-corrected chi connectivity index (χ2v) is 5.06. The molecule has 0 fully saturated rings. The third-order valence-electron chi connectivity index (χ3n) is 3.55. The van der Waals surface area contributed by atoms with Crippen molar-refractivity contribution in [2.24, 2.45) is 0 Å². The molecule has 0 aliphatic rings. The summed E-state index contributed by atoms with van der Waals surface area (Å²) in [4.78, 5) is 26.2. The minimum Gasteiger partial charge on any atom is -0.495 e. The predicted octanol–water partition coefficient (Wildman–Crippen LogP) is 2.73. The van der Waals surface area contributed by atoms with Gasteiger partial charge in [-0.15, -0.1) is 0 Å². The summed E-state index contributed by atoms with van der Waals surface area (Å²) >= 11 is 0. The molecule has 0 spiro atoms. The summed E-state index contributed by atoms with van der Waals surface area (Å²) in [7, 11) is 3.09. The van der Waals surface area contributed by atoms with E-state index in [1.807, 2.05) is 0 Å². The number of carbonyl (C=O) groups is 2. The van der Waals surface area contributed by atoms with Gasteiger partial charge in [0.05, 0.1) is 30.7 Å². The van der Waals surface area contributed by atoms with Crippen molar-refractivity contribution in [2.45, 2.75) is 6.92 Å². The first-order chi connectivity index (χ1) is 11.5. The smallest absolute Gasteiger partial charge is 0.340 e. The van der Waals surface area contributed by atoms with Crippen LogP contribution in [0.25, 0.3) is 0 Å². The number of nitrogens with zero attached hydrogens (tertiary/aromatic N) is 1. The highest BCUT2D eigenvalue weighted by Crippen LogP contribution is 2.26. The number of amides is 1. The van der Waals surface area contributed by atoms with Crippen molar-refractivity contribution >= 4 is 23.3 Å². The number of hydrogen-bond donors (Lipinski definition) is 1.